The van der Waals surface area contributed by atoms with E-state index >= 15 is 0 Å². The maximum atomic E-state index is 9.06. The number of nitrogens with zero attached hydrogens (tertiary/aromatic N) is 6. The Morgan fingerprint density at radius 1 is 1.06 bits per heavy atom. The van der Waals surface area contributed by atoms with E-state index in [9.17, 15) is 0 Å². The minimum Gasteiger partial charge on any atom is -0.341 e. The number of benzene rings is 2. The zero-order valence-electron chi connectivity index (χ0n) is 18.9. The summed E-state index contributed by atoms with van der Waals surface area (Å²) in [5.74, 6) is 0.936. The van der Waals surface area contributed by atoms with Crippen molar-refractivity contribution in [3.8, 4) is 11.8 Å². The maximum Gasteiger partial charge on any atom is 0.230 e. The molecule has 1 aliphatic rings. The standard InChI is InChI=1S/C25H30N6S/c1-3-14-28(18-22-10-8-21(17-26)9-11-22)19-30-25(32)31(23-12-6-20(2)7-13-23)24(27-30)29-15-4-5-16-29/h6-13H,3-5,14-16,18-19H2,1-2H3. The number of aryl methyl sites for hydroxylation is 1. The van der Waals surface area contributed by atoms with Crippen molar-refractivity contribution < 1.29 is 0 Å². The van der Waals surface area contributed by atoms with Crippen LogP contribution in [0.25, 0.3) is 5.69 Å². The lowest BCUT2D eigenvalue weighted by Crippen LogP contribution is -2.28. The molecule has 0 bridgehead atoms. The summed E-state index contributed by atoms with van der Waals surface area (Å²) in [6.45, 7) is 8.68. The number of hydrogen-bond acceptors (Lipinski definition) is 5. The van der Waals surface area contributed by atoms with Crippen LogP contribution < -0.4 is 4.90 Å². The van der Waals surface area contributed by atoms with Gasteiger partial charge in [0.25, 0.3) is 0 Å². The molecular formula is C25H30N6S. The van der Waals surface area contributed by atoms with Crippen molar-refractivity contribution in [2.75, 3.05) is 24.5 Å². The third-order valence-corrected chi connectivity index (χ3v) is 6.26. The smallest absolute Gasteiger partial charge is 0.230 e. The van der Waals surface area contributed by atoms with Crippen LogP contribution in [0.15, 0.2) is 48.5 Å². The van der Waals surface area contributed by atoms with Crippen LogP contribution in [-0.2, 0) is 13.2 Å². The first-order valence-corrected chi connectivity index (χ1v) is 11.7. The van der Waals surface area contributed by atoms with Crippen molar-refractivity contribution in [2.45, 2.75) is 46.3 Å². The molecule has 7 heteroatoms. The van der Waals surface area contributed by atoms with E-state index in [4.69, 9.17) is 22.6 Å². The van der Waals surface area contributed by atoms with Crippen LogP contribution in [0.2, 0.25) is 0 Å². The van der Waals surface area contributed by atoms with E-state index in [0.29, 0.717) is 12.2 Å². The van der Waals surface area contributed by atoms with E-state index in [-0.39, 0.29) is 0 Å². The molecule has 2 heterocycles. The molecule has 32 heavy (non-hydrogen) atoms. The van der Waals surface area contributed by atoms with Gasteiger partial charge in [-0.15, -0.1) is 5.10 Å². The normalized spacial score (nSPS) is 13.6. The van der Waals surface area contributed by atoms with Gasteiger partial charge in [0.05, 0.1) is 24.0 Å². The molecule has 1 aliphatic heterocycles. The molecule has 3 aromatic rings. The highest BCUT2D eigenvalue weighted by Gasteiger charge is 2.22. The second kappa shape index (κ2) is 10.1. The first-order valence-electron chi connectivity index (χ1n) is 11.3. The first-order chi connectivity index (χ1) is 15.6. The van der Waals surface area contributed by atoms with Crippen molar-refractivity contribution >= 4 is 18.2 Å². The summed E-state index contributed by atoms with van der Waals surface area (Å²) < 4.78 is 4.80. The summed E-state index contributed by atoms with van der Waals surface area (Å²) in [5, 5.41) is 14.1. The number of hydrogen-bond donors (Lipinski definition) is 0. The summed E-state index contributed by atoms with van der Waals surface area (Å²) in [5.41, 5.74) is 4.15. The molecule has 1 saturated heterocycles. The SMILES string of the molecule is CCCN(Cc1ccc(C#N)cc1)Cn1nc(N2CCCC2)n(-c2ccc(C)cc2)c1=S. The Hall–Kier alpha value is -2.95. The van der Waals surface area contributed by atoms with Gasteiger partial charge in [0.1, 0.15) is 0 Å². The molecule has 0 unspecified atom stereocenters. The summed E-state index contributed by atoms with van der Waals surface area (Å²) in [4.78, 5) is 4.70. The van der Waals surface area contributed by atoms with Gasteiger partial charge in [-0.05, 0) is 74.8 Å². The number of aromatic nitrogens is 3. The minimum absolute atomic E-state index is 0.631. The fraction of sp³-hybridized carbons (Fsp3) is 0.400. The van der Waals surface area contributed by atoms with E-state index < -0.39 is 0 Å². The Balaban J connectivity index is 1.65. The molecule has 0 radical (unpaired) electrons. The van der Waals surface area contributed by atoms with E-state index in [1.807, 2.05) is 28.9 Å². The van der Waals surface area contributed by atoms with Crippen LogP contribution in [0.3, 0.4) is 0 Å². The number of rotatable bonds is 8. The molecule has 0 aliphatic carbocycles. The summed E-state index contributed by atoms with van der Waals surface area (Å²) in [7, 11) is 0. The highest BCUT2D eigenvalue weighted by Crippen LogP contribution is 2.24. The van der Waals surface area contributed by atoms with Crippen LogP contribution in [0.4, 0.5) is 5.95 Å². The molecule has 0 atom stereocenters. The highest BCUT2D eigenvalue weighted by atomic mass is 32.1. The van der Waals surface area contributed by atoms with Crippen LogP contribution >= 0.6 is 12.2 Å². The van der Waals surface area contributed by atoms with Gasteiger partial charge in [0.15, 0.2) is 0 Å². The van der Waals surface area contributed by atoms with Gasteiger partial charge >= 0.3 is 0 Å². The molecule has 0 amide bonds. The van der Waals surface area contributed by atoms with Gasteiger partial charge in [0, 0.05) is 19.6 Å². The molecule has 0 spiro atoms. The second-order valence-electron chi connectivity index (χ2n) is 8.45. The molecule has 2 aromatic carbocycles. The zero-order valence-corrected chi connectivity index (χ0v) is 19.7. The lowest BCUT2D eigenvalue weighted by molar-refractivity contribution is 0.197. The average molecular weight is 447 g/mol. The summed E-state index contributed by atoms with van der Waals surface area (Å²) >= 11 is 5.94. The first kappa shape index (κ1) is 22.3. The number of nitriles is 1. The van der Waals surface area contributed by atoms with Crippen LogP contribution in [0.1, 0.15) is 42.9 Å². The monoisotopic (exact) mass is 446 g/mol. The fourth-order valence-corrected chi connectivity index (χ4v) is 4.46. The van der Waals surface area contributed by atoms with Gasteiger partial charge in [-0.25, -0.2) is 4.68 Å². The fourth-order valence-electron chi connectivity index (χ4n) is 4.18. The molecule has 0 saturated carbocycles. The van der Waals surface area contributed by atoms with Gasteiger partial charge in [-0.2, -0.15) is 5.26 Å². The lowest BCUT2D eigenvalue weighted by atomic mass is 10.1. The third-order valence-electron chi connectivity index (χ3n) is 5.87. The van der Waals surface area contributed by atoms with Crippen molar-refractivity contribution in [2.24, 2.45) is 0 Å². The predicted octanol–water partition coefficient (Wildman–Crippen LogP) is 5.05. The average Bonchev–Trinajstić information content (AvgIpc) is 3.44. The molecule has 6 nitrogen and oxygen atoms in total. The predicted molar refractivity (Wildman–Crippen MR) is 130 cm³/mol. The largest absolute Gasteiger partial charge is 0.341 e. The van der Waals surface area contributed by atoms with E-state index in [1.54, 1.807) is 0 Å². The Morgan fingerprint density at radius 2 is 1.75 bits per heavy atom. The highest BCUT2D eigenvalue weighted by molar-refractivity contribution is 7.71. The Bertz CT molecular complexity index is 1130. The topological polar surface area (TPSA) is 53.0 Å². The maximum absolute atomic E-state index is 9.06. The van der Waals surface area contributed by atoms with Crippen molar-refractivity contribution in [1.82, 2.24) is 19.2 Å². The Labute approximate surface area is 195 Å². The van der Waals surface area contributed by atoms with Crippen molar-refractivity contribution in [1.29, 1.82) is 5.26 Å². The van der Waals surface area contributed by atoms with Gasteiger partial charge in [-0.1, -0.05) is 36.8 Å². The zero-order chi connectivity index (χ0) is 22.5. The minimum atomic E-state index is 0.631. The summed E-state index contributed by atoms with van der Waals surface area (Å²) in [6.07, 6.45) is 3.42. The van der Waals surface area contributed by atoms with E-state index in [1.165, 1.54) is 24.0 Å². The lowest BCUT2D eigenvalue weighted by Gasteiger charge is -2.21. The molecule has 1 aromatic heterocycles. The molecule has 4 rings (SSSR count). The van der Waals surface area contributed by atoms with Crippen molar-refractivity contribution in [3.05, 3.63) is 70.0 Å². The second-order valence-corrected chi connectivity index (χ2v) is 8.82. The molecular weight excluding hydrogens is 416 g/mol. The Kier molecular flexibility index (Phi) is 7.03. The molecule has 0 N–H and O–H groups in total. The Morgan fingerprint density at radius 3 is 2.38 bits per heavy atom. The molecule has 1 fully saturated rings. The third kappa shape index (κ3) is 4.93. The van der Waals surface area contributed by atoms with Crippen LogP contribution in [0.5, 0.6) is 0 Å². The van der Waals surface area contributed by atoms with E-state index in [2.05, 4.69) is 58.5 Å². The van der Waals surface area contributed by atoms with Gasteiger partial charge in [0.2, 0.25) is 10.7 Å². The van der Waals surface area contributed by atoms with E-state index in [0.717, 1.165) is 49.0 Å². The summed E-state index contributed by atoms with van der Waals surface area (Å²) in [6, 6.07) is 18.5. The quantitative estimate of drug-likeness (QED) is 0.453. The van der Waals surface area contributed by atoms with Gasteiger partial charge < -0.3 is 4.90 Å². The number of anilines is 1. The van der Waals surface area contributed by atoms with Crippen LogP contribution in [-0.4, -0.2) is 38.9 Å². The van der Waals surface area contributed by atoms with Crippen molar-refractivity contribution in [3.63, 3.8) is 0 Å². The molecule has 166 valence electrons. The van der Waals surface area contributed by atoms with Gasteiger partial charge in [-0.3, -0.25) is 9.47 Å². The van der Waals surface area contributed by atoms with Crippen LogP contribution in [0, 0.1) is 23.0 Å².